The predicted molar refractivity (Wildman–Crippen MR) is 95.1 cm³/mol. The molecule has 3 aliphatic rings. The zero-order chi connectivity index (χ0) is 19.8. The van der Waals surface area contributed by atoms with E-state index in [1.165, 1.54) is 0 Å². The number of hydrogen-bond acceptors (Lipinski definition) is 6. The van der Waals surface area contributed by atoms with E-state index in [0.717, 1.165) is 0 Å². The molecule has 6 heteroatoms. The van der Waals surface area contributed by atoms with Gasteiger partial charge in [-0.2, -0.15) is 0 Å². The fourth-order valence-electron chi connectivity index (χ4n) is 5.63. The minimum atomic E-state index is -1.84. The van der Waals surface area contributed by atoms with Crippen molar-refractivity contribution in [3.63, 3.8) is 0 Å². The van der Waals surface area contributed by atoms with Crippen molar-refractivity contribution in [1.29, 1.82) is 0 Å². The first-order valence-electron chi connectivity index (χ1n) is 9.18. The van der Waals surface area contributed by atoms with Crippen molar-refractivity contribution >= 4 is 5.78 Å². The van der Waals surface area contributed by atoms with E-state index in [1.54, 1.807) is 27.7 Å². The lowest BCUT2D eigenvalue weighted by Crippen LogP contribution is -2.69. The van der Waals surface area contributed by atoms with E-state index in [-0.39, 0.29) is 17.8 Å². The Morgan fingerprint density at radius 2 is 1.65 bits per heavy atom. The van der Waals surface area contributed by atoms with Gasteiger partial charge in [-0.15, -0.1) is 0 Å². The van der Waals surface area contributed by atoms with E-state index in [4.69, 9.17) is 0 Å². The molecule has 0 aromatic rings. The van der Waals surface area contributed by atoms with Gasteiger partial charge in [-0.1, -0.05) is 27.4 Å². The number of ketones is 1. The zero-order valence-corrected chi connectivity index (χ0v) is 15.9. The second-order valence-electron chi connectivity index (χ2n) is 9.14. The molecule has 6 nitrogen and oxygen atoms in total. The minimum Gasteiger partial charge on any atom is -0.389 e. The van der Waals surface area contributed by atoms with Crippen LogP contribution in [0.5, 0.6) is 0 Å². The molecule has 0 heterocycles. The highest BCUT2D eigenvalue weighted by atomic mass is 16.4. The molecule has 0 aromatic heterocycles. The van der Waals surface area contributed by atoms with Gasteiger partial charge in [-0.3, -0.25) is 4.79 Å². The molecule has 0 saturated heterocycles. The SMILES string of the molecule is C=C1[C@@H](O)CC[C@@]2(C)[C@@H](O)[C@H](O)C3=C(C)C(=O)C[C@@](O)([C@@H](O)[C@H]12)C3(C)C. The van der Waals surface area contributed by atoms with Crippen LogP contribution in [0.15, 0.2) is 23.3 Å². The molecule has 5 N–H and O–H groups in total. The summed E-state index contributed by atoms with van der Waals surface area (Å²) in [6.45, 7) is 10.6. The van der Waals surface area contributed by atoms with Crippen LogP contribution in [0.25, 0.3) is 0 Å². The number of carbonyl (C=O) groups is 1. The Bertz CT molecular complexity index is 694. The summed E-state index contributed by atoms with van der Waals surface area (Å²) in [4.78, 5) is 12.6. The van der Waals surface area contributed by atoms with Crippen LogP contribution in [0, 0.1) is 16.7 Å². The minimum absolute atomic E-state index is 0.277. The van der Waals surface area contributed by atoms with Gasteiger partial charge in [0.05, 0.1) is 18.3 Å². The van der Waals surface area contributed by atoms with E-state index in [2.05, 4.69) is 6.58 Å². The maximum Gasteiger partial charge on any atom is 0.161 e. The number of allylic oxidation sites excluding steroid dienone is 1. The Morgan fingerprint density at radius 1 is 1.08 bits per heavy atom. The molecule has 26 heavy (non-hydrogen) atoms. The summed E-state index contributed by atoms with van der Waals surface area (Å²) in [7, 11) is 0. The van der Waals surface area contributed by atoms with E-state index in [9.17, 15) is 30.3 Å². The number of Topliss-reactive ketones (excluding diaryl/α,β-unsaturated/α-hetero) is 1. The van der Waals surface area contributed by atoms with Gasteiger partial charge in [0.2, 0.25) is 0 Å². The smallest absolute Gasteiger partial charge is 0.161 e. The quantitative estimate of drug-likeness (QED) is 0.398. The van der Waals surface area contributed by atoms with Crippen molar-refractivity contribution in [1.82, 2.24) is 0 Å². The van der Waals surface area contributed by atoms with Gasteiger partial charge >= 0.3 is 0 Å². The topological polar surface area (TPSA) is 118 Å². The number of aliphatic hydroxyl groups is 5. The monoisotopic (exact) mass is 366 g/mol. The lowest BCUT2D eigenvalue weighted by atomic mass is 9.48. The molecule has 2 bridgehead atoms. The molecule has 3 rings (SSSR count). The third-order valence-corrected chi connectivity index (χ3v) is 7.58. The molecule has 0 aromatic carbocycles. The van der Waals surface area contributed by atoms with Crippen LogP contribution in [0.2, 0.25) is 0 Å². The molecule has 0 amide bonds. The van der Waals surface area contributed by atoms with Crippen LogP contribution in [0.4, 0.5) is 0 Å². The number of carbonyl (C=O) groups excluding carboxylic acids is 1. The number of rotatable bonds is 0. The fourth-order valence-corrected chi connectivity index (χ4v) is 5.63. The molecule has 0 radical (unpaired) electrons. The molecule has 3 aliphatic carbocycles. The summed E-state index contributed by atoms with van der Waals surface area (Å²) >= 11 is 0. The van der Waals surface area contributed by atoms with Gasteiger partial charge in [0.15, 0.2) is 5.78 Å². The average molecular weight is 366 g/mol. The van der Waals surface area contributed by atoms with E-state index >= 15 is 0 Å². The standard InChI is InChI=1S/C20H30O6/c1-9-11(21)6-7-19(5)14(9)16(24)20(26)8-12(22)10(2)13(18(20,3)4)15(23)17(19)25/h11,14-17,21,23-26H,1,6-8H2,2-5H3/t11-,14-,15+,16-,17-,19+,20+/m0/s1. The van der Waals surface area contributed by atoms with Crippen LogP contribution in [0.3, 0.4) is 0 Å². The molecule has 0 unspecified atom stereocenters. The van der Waals surface area contributed by atoms with Crippen LogP contribution in [-0.2, 0) is 4.79 Å². The Morgan fingerprint density at radius 3 is 2.23 bits per heavy atom. The average Bonchev–Trinajstić information content (AvgIpc) is 2.55. The maximum atomic E-state index is 12.6. The Labute approximate surface area is 153 Å². The first-order chi connectivity index (χ1) is 11.8. The van der Waals surface area contributed by atoms with Crippen LogP contribution >= 0.6 is 0 Å². The lowest BCUT2D eigenvalue weighted by molar-refractivity contribution is -0.215. The van der Waals surface area contributed by atoms with Crippen molar-refractivity contribution < 1.29 is 30.3 Å². The first kappa shape index (κ1) is 19.7. The molecule has 7 atom stereocenters. The number of hydrogen-bond donors (Lipinski definition) is 5. The Balaban J connectivity index is 2.31. The van der Waals surface area contributed by atoms with Gasteiger partial charge in [-0.25, -0.2) is 0 Å². The Hall–Kier alpha value is -1.05. The highest BCUT2D eigenvalue weighted by Gasteiger charge is 2.66. The third-order valence-electron chi connectivity index (χ3n) is 7.58. The molecular weight excluding hydrogens is 336 g/mol. The Kier molecular flexibility index (Phi) is 4.34. The first-order valence-corrected chi connectivity index (χ1v) is 9.18. The van der Waals surface area contributed by atoms with Crippen molar-refractivity contribution in [3.8, 4) is 0 Å². The summed E-state index contributed by atoms with van der Waals surface area (Å²) < 4.78 is 0. The lowest BCUT2D eigenvalue weighted by Gasteiger charge is -2.61. The highest BCUT2D eigenvalue weighted by Crippen LogP contribution is 2.59. The summed E-state index contributed by atoms with van der Waals surface area (Å²) in [5.74, 6) is -1.22. The maximum absolute atomic E-state index is 12.6. The van der Waals surface area contributed by atoms with Crippen molar-refractivity contribution in [2.24, 2.45) is 16.7 Å². The molecule has 2 fully saturated rings. The summed E-state index contributed by atoms with van der Waals surface area (Å²) in [5.41, 5.74) is -3.05. The van der Waals surface area contributed by atoms with Gasteiger partial charge in [0.1, 0.15) is 11.7 Å². The van der Waals surface area contributed by atoms with Gasteiger partial charge in [0, 0.05) is 23.2 Å². The van der Waals surface area contributed by atoms with Crippen LogP contribution in [-0.4, -0.2) is 61.3 Å². The van der Waals surface area contributed by atoms with Crippen molar-refractivity contribution in [2.75, 3.05) is 0 Å². The normalized spacial score (nSPS) is 48.7. The van der Waals surface area contributed by atoms with Crippen molar-refractivity contribution in [3.05, 3.63) is 23.3 Å². The molecule has 0 aliphatic heterocycles. The van der Waals surface area contributed by atoms with Crippen LogP contribution in [0.1, 0.15) is 47.0 Å². The second-order valence-corrected chi connectivity index (χ2v) is 9.14. The largest absolute Gasteiger partial charge is 0.389 e. The predicted octanol–water partition coefficient (Wildman–Crippen LogP) is 0.463. The van der Waals surface area contributed by atoms with E-state index in [0.29, 0.717) is 24.0 Å². The summed E-state index contributed by atoms with van der Waals surface area (Å²) in [6, 6.07) is 0. The number of aliphatic hydroxyl groups excluding tert-OH is 4. The second kappa shape index (κ2) is 5.72. The molecule has 2 saturated carbocycles. The van der Waals surface area contributed by atoms with Crippen molar-refractivity contribution in [2.45, 2.75) is 77.0 Å². The molecule has 0 spiro atoms. The van der Waals surface area contributed by atoms with Gasteiger partial charge < -0.3 is 25.5 Å². The molecular formula is C20H30O6. The zero-order valence-electron chi connectivity index (χ0n) is 15.9. The molecule has 146 valence electrons. The van der Waals surface area contributed by atoms with Crippen LogP contribution < -0.4 is 0 Å². The highest BCUT2D eigenvalue weighted by molar-refractivity contribution is 5.98. The summed E-state index contributed by atoms with van der Waals surface area (Å²) in [5, 5.41) is 55.2. The summed E-state index contributed by atoms with van der Waals surface area (Å²) in [6.07, 6.45) is -4.50. The van der Waals surface area contributed by atoms with Gasteiger partial charge in [-0.05, 0) is 36.5 Å². The van der Waals surface area contributed by atoms with Gasteiger partial charge in [0.25, 0.3) is 0 Å². The number of fused-ring (bicyclic) bond motifs is 3. The third kappa shape index (κ3) is 2.20. The van der Waals surface area contributed by atoms with E-state index < -0.39 is 46.8 Å². The van der Waals surface area contributed by atoms with E-state index in [1.807, 2.05) is 0 Å². The fraction of sp³-hybridized carbons (Fsp3) is 0.750.